The van der Waals surface area contributed by atoms with E-state index < -0.39 is 8.25 Å². The van der Waals surface area contributed by atoms with Crippen molar-refractivity contribution in [2.24, 2.45) is 5.92 Å². The van der Waals surface area contributed by atoms with Crippen molar-refractivity contribution < 1.29 is 27.9 Å². The minimum Gasteiger partial charge on any atom is -0.463 e. The Bertz CT molecular complexity index is 258. The average molecular weight is 282 g/mol. The highest BCUT2D eigenvalue weighted by atomic mass is 31.1. The molecule has 0 aromatic carbocycles. The van der Waals surface area contributed by atoms with E-state index in [9.17, 15) is 9.36 Å². The first-order chi connectivity index (χ1) is 8.51. The summed E-state index contributed by atoms with van der Waals surface area (Å²) in [6, 6.07) is 0. The third-order valence-corrected chi connectivity index (χ3v) is 3.30. The molecular weight excluding hydrogens is 259 g/mol. The lowest BCUT2D eigenvalue weighted by atomic mass is 10.1. The molecule has 0 amide bonds. The highest BCUT2D eigenvalue weighted by Gasteiger charge is 2.12. The zero-order valence-electron chi connectivity index (χ0n) is 11.4. The summed E-state index contributed by atoms with van der Waals surface area (Å²) in [5, 5.41) is 0. The van der Waals surface area contributed by atoms with Gasteiger partial charge in [-0.2, -0.15) is 0 Å². The van der Waals surface area contributed by atoms with E-state index >= 15 is 0 Å². The fraction of sp³-hybridized carbons (Fsp3) is 0.909. The summed E-state index contributed by atoms with van der Waals surface area (Å²) >= 11 is 0. The Morgan fingerprint density at radius 3 is 2.50 bits per heavy atom. The Morgan fingerprint density at radius 2 is 1.94 bits per heavy atom. The monoisotopic (exact) mass is 282 g/mol. The first kappa shape index (κ1) is 17.6. The number of hydrogen-bond acceptors (Lipinski definition) is 6. The van der Waals surface area contributed by atoms with Crippen molar-refractivity contribution in [2.45, 2.75) is 33.3 Å². The first-order valence-corrected chi connectivity index (χ1v) is 7.22. The van der Waals surface area contributed by atoms with Crippen LogP contribution in [-0.4, -0.2) is 39.0 Å². The van der Waals surface area contributed by atoms with Gasteiger partial charge < -0.3 is 18.5 Å². The average Bonchev–Trinajstić information content (AvgIpc) is 2.33. The molecule has 6 nitrogen and oxygen atoms in total. The number of ether oxygens (including phenoxy) is 2. The Kier molecular flexibility index (Phi) is 10.3. The van der Waals surface area contributed by atoms with Gasteiger partial charge in [0.2, 0.25) is 0 Å². The highest BCUT2D eigenvalue weighted by molar-refractivity contribution is 7.33. The molecule has 0 aliphatic heterocycles. The standard InChI is InChI=1S/C11H23O6P/c1-5-9(2)11(12)15-6-7-16-18(13)17-10(3)8-14-4/h9-10,18H,5-8H2,1-4H3. The van der Waals surface area contributed by atoms with Crippen LogP contribution in [0.3, 0.4) is 0 Å². The van der Waals surface area contributed by atoms with Crippen molar-refractivity contribution >= 4 is 14.2 Å². The molecule has 108 valence electrons. The van der Waals surface area contributed by atoms with Crippen LogP contribution in [0.2, 0.25) is 0 Å². The molecule has 0 saturated heterocycles. The second-order valence-corrected chi connectivity index (χ2v) is 4.98. The van der Waals surface area contributed by atoms with E-state index in [2.05, 4.69) is 0 Å². The van der Waals surface area contributed by atoms with Gasteiger partial charge in [-0.25, -0.2) is 0 Å². The molecule has 3 unspecified atom stereocenters. The minimum absolute atomic E-state index is 0.0691. The summed E-state index contributed by atoms with van der Waals surface area (Å²) in [7, 11) is -1.02. The molecule has 0 bridgehead atoms. The van der Waals surface area contributed by atoms with Gasteiger partial charge in [-0.05, 0) is 13.3 Å². The van der Waals surface area contributed by atoms with Crippen molar-refractivity contribution in [2.75, 3.05) is 26.9 Å². The molecule has 0 aromatic heterocycles. The smallest absolute Gasteiger partial charge is 0.319 e. The Balaban J connectivity index is 3.60. The molecule has 0 heterocycles. The molecule has 0 radical (unpaired) electrons. The third-order valence-electron chi connectivity index (χ3n) is 2.26. The van der Waals surface area contributed by atoms with Crippen LogP contribution in [0.25, 0.3) is 0 Å². The molecule has 0 aromatic rings. The first-order valence-electron chi connectivity index (χ1n) is 6.00. The molecule has 0 aliphatic rings. The van der Waals surface area contributed by atoms with E-state index in [1.807, 2.05) is 6.92 Å². The number of hydrogen-bond donors (Lipinski definition) is 0. The van der Waals surface area contributed by atoms with Crippen molar-refractivity contribution in [3.05, 3.63) is 0 Å². The summed E-state index contributed by atoms with van der Waals surface area (Å²) in [4.78, 5) is 11.3. The van der Waals surface area contributed by atoms with E-state index in [0.717, 1.165) is 6.42 Å². The quantitative estimate of drug-likeness (QED) is 0.347. The lowest BCUT2D eigenvalue weighted by Gasteiger charge is -2.12. The van der Waals surface area contributed by atoms with Gasteiger partial charge in [-0.15, -0.1) is 0 Å². The maximum atomic E-state index is 11.3. The lowest BCUT2D eigenvalue weighted by Crippen LogP contribution is -2.16. The predicted molar refractivity (Wildman–Crippen MR) is 67.8 cm³/mol. The van der Waals surface area contributed by atoms with E-state index in [4.69, 9.17) is 18.5 Å². The van der Waals surface area contributed by atoms with Gasteiger partial charge in [0.1, 0.15) is 6.61 Å². The maximum Gasteiger partial charge on any atom is 0.319 e. The van der Waals surface area contributed by atoms with Crippen LogP contribution in [-0.2, 0) is 27.9 Å². The van der Waals surface area contributed by atoms with E-state index in [1.54, 1.807) is 13.8 Å². The van der Waals surface area contributed by atoms with E-state index in [1.165, 1.54) is 7.11 Å². The fourth-order valence-electron chi connectivity index (χ4n) is 1.04. The van der Waals surface area contributed by atoms with Crippen molar-refractivity contribution in [3.8, 4) is 0 Å². The van der Waals surface area contributed by atoms with Gasteiger partial charge >= 0.3 is 14.2 Å². The second-order valence-electron chi connectivity index (χ2n) is 3.96. The maximum absolute atomic E-state index is 11.3. The predicted octanol–water partition coefficient (Wildman–Crippen LogP) is 2.03. The molecule has 18 heavy (non-hydrogen) atoms. The summed E-state index contributed by atoms with van der Waals surface area (Å²) < 4.78 is 31.0. The lowest BCUT2D eigenvalue weighted by molar-refractivity contribution is -0.148. The van der Waals surface area contributed by atoms with Gasteiger partial charge in [0.05, 0.1) is 25.2 Å². The van der Waals surface area contributed by atoms with Gasteiger partial charge in [0, 0.05) is 7.11 Å². The van der Waals surface area contributed by atoms with Gasteiger partial charge in [0.15, 0.2) is 0 Å². The molecule has 3 atom stereocenters. The van der Waals surface area contributed by atoms with Gasteiger partial charge in [-0.1, -0.05) is 13.8 Å². The number of carbonyl (C=O) groups excluding carboxylic acids is 1. The summed E-state index contributed by atoms with van der Waals surface area (Å²) in [5.41, 5.74) is 0. The molecule has 0 aliphatic carbocycles. The largest absolute Gasteiger partial charge is 0.463 e. The van der Waals surface area contributed by atoms with Gasteiger partial charge in [0.25, 0.3) is 0 Å². The summed E-state index contributed by atoms with van der Waals surface area (Å²) in [6.45, 7) is 5.94. The number of rotatable bonds is 10. The van der Waals surface area contributed by atoms with Crippen LogP contribution in [0.15, 0.2) is 0 Å². The SMILES string of the molecule is CCC(C)C(=O)OCCO[PH](=O)OC(C)COC. The second kappa shape index (κ2) is 10.5. The summed E-state index contributed by atoms with van der Waals surface area (Å²) in [6.07, 6.45) is 0.442. The highest BCUT2D eigenvalue weighted by Crippen LogP contribution is 2.25. The van der Waals surface area contributed by atoms with Crippen molar-refractivity contribution in [1.82, 2.24) is 0 Å². The molecule has 0 N–H and O–H groups in total. The normalized spacial score (nSPS) is 16.0. The molecule has 0 saturated carbocycles. The molecule has 0 rings (SSSR count). The zero-order chi connectivity index (χ0) is 14.0. The van der Waals surface area contributed by atoms with Crippen molar-refractivity contribution in [1.29, 1.82) is 0 Å². The Labute approximate surface area is 109 Å². The van der Waals surface area contributed by atoms with Crippen LogP contribution in [0.5, 0.6) is 0 Å². The van der Waals surface area contributed by atoms with Crippen LogP contribution in [0.4, 0.5) is 0 Å². The fourth-order valence-corrected chi connectivity index (χ4v) is 1.76. The number of carbonyl (C=O) groups is 1. The summed E-state index contributed by atoms with van der Waals surface area (Å²) in [5.74, 6) is -0.394. The zero-order valence-corrected chi connectivity index (χ0v) is 12.4. The molecule has 0 spiro atoms. The van der Waals surface area contributed by atoms with Crippen molar-refractivity contribution in [3.63, 3.8) is 0 Å². The Morgan fingerprint density at radius 1 is 1.28 bits per heavy atom. The van der Waals surface area contributed by atoms with Crippen LogP contribution < -0.4 is 0 Å². The molecular formula is C11H23O6P. The molecule has 0 fully saturated rings. The Hall–Kier alpha value is -0.420. The van der Waals surface area contributed by atoms with Gasteiger partial charge in [-0.3, -0.25) is 9.36 Å². The van der Waals surface area contributed by atoms with Crippen LogP contribution >= 0.6 is 8.25 Å². The number of methoxy groups -OCH3 is 1. The minimum atomic E-state index is -2.56. The third kappa shape index (κ3) is 8.64. The topological polar surface area (TPSA) is 71.1 Å². The number of esters is 1. The van der Waals surface area contributed by atoms with E-state index in [0.29, 0.717) is 6.61 Å². The molecule has 7 heteroatoms. The van der Waals surface area contributed by atoms with Crippen LogP contribution in [0, 0.1) is 5.92 Å². The van der Waals surface area contributed by atoms with E-state index in [-0.39, 0.29) is 31.2 Å². The van der Waals surface area contributed by atoms with Crippen LogP contribution in [0.1, 0.15) is 27.2 Å².